The Morgan fingerprint density at radius 2 is 1.70 bits per heavy atom. The maximum Gasteiger partial charge on any atom is 0.323 e. The van der Waals surface area contributed by atoms with E-state index < -0.39 is 25.4 Å². The number of aromatic nitrogens is 3. The summed E-state index contributed by atoms with van der Waals surface area (Å²) in [5, 5.41) is 3.63. The number of ether oxygens (including phenoxy) is 1. The summed E-state index contributed by atoms with van der Waals surface area (Å²) in [6.07, 6.45) is 0.802. The second kappa shape index (κ2) is 8.40. The molecule has 0 aliphatic heterocycles. The van der Waals surface area contributed by atoms with E-state index in [9.17, 15) is 16.8 Å². The molecule has 3 rings (SSSR count). The van der Waals surface area contributed by atoms with Crippen LogP contribution in [0, 0.1) is 0 Å². The number of hydrogen-bond donors (Lipinski definition) is 1. The van der Waals surface area contributed by atoms with E-state index in [0.717, 1.165) is 10.6 Å². The van der Waals surface area contributed by atoms with E-state index in [1.165, 1.54) is 44.4 Å². The summed E-state index contributed by atoms with van der Waals surface area (Å²) in [6, 6.07) is 10.7. The zero-order chi connectivity index (χ0) is 22.1. The largest absolute Gasteiger partial charge is 0.456 e. The van der Waals surface area contributed by atoms with Crippen molar-refractivity contribution >= 4 is 49.1 Å². The zero-order valence-corrected chi connectivity index (χ0v) is 18.7. The van der Waals surface area contributed by atoms with Crippen molar-refractivity contribution in [3.8, 4) is 11.5 Å². The Morgan fingerprint density at radius 3 is 2.30 bits per heavy atom. The van der Waals surface area contributed by atoms with Crippen molar-refractivity contribution in [1.82, 2.24) is 18.5 Å². The van der Waals surface area contributed by atoms with Gasteiger partial charge in [0.25, 0.3) is 15.2 Å². The fourth-order valence-electron chi connectivity index (χ4n) is 2.11. The first kappa shape index (κ1) is 22.3. The van der Waals surface area contributed by atoms with Gasteiger partial charge in [0.1, 0.15) is 17.8 Å². The Morgan fingerprint density at radius 1 is 1.03 bits per heavy atom. The van der Waals surface area contributed by atoms with Crippen LogP contribution in [0.5, 0.6) is 11.5 Å². The fourth-order valence-corrected chi connectivity index (χ4v) is 4.21. The van der Waals surface area contributed by atoms with Crippen molar-refractivity contribution in [3.63, 3.8) is 0 Å². The van der Waals surface area contributed by atoms with E-state index >= 15 is 0 Å². The number of nitrogens with one attached hydrogen (secondary N) is 1. The van der Waals surface area contributed by atoms with Crippen LogP contribution >= 0.6 is 23.2 Å². The number of hydrogen-bond acceptors (Lipinski definition) is 7. The molecule has 0 unspecified atom stereocenters. The highest BCUT2D eigenvalue weighted by Crippen LogP contribution is 2.32. The van der Waals surface area contributed by atoms with E-state index in [1.54, 1.807) is 12.1 Å². The summed E-state index contributed by atoms with van der Waals surface area (Å²) in [5.41, 5.74) is 0.191. The van der Waals surface area contributed by atoms with Crippen molar-refractivity contribution in [2.45, 2.75) is 5.16 Å². The number of benzene rings is 2. The minimum absolute atomic E-state index is 0.191. The third-order valence-corrected chi connectivity index (χ3v) is 6.89. The van der Waals surface area contributed by atoms with E-state index in [1.807, 2.05) is 0 Å². The topological polar surface area (TPSA) is 123 Å². The van der Waals surface area contributed by atoms with Gasteiger partial charge < -0.3 is 4.74 Å². The van der Waals surface area contributed by atoms with Crippen LogP contribution in [0.3, 0.4) is 0 Å². The van der Waals surface area contributed by atoms with Crippen LogP contribution in [0.1, 0.15) is 0 Å². The molecule has 0 bridgehead atoms. The Hall–Kier alpha value is -2.38. The van der Waals surface area contributed by atoms with Crippen molar-refractivity contribution in [2.75, 3.05) is 18.8 Å². The van der Waals surface area contributed by atoms with Gasteiger partial charge in [0, 0.05) is 24.8 Å². The van der Waals surface area contributed by atoms with E-state index in [-0.39, 0.29) is 5.69 Å². The average molecular weight is 492 g/mol. The van der Waals surface area contributed by atoms with Gasteiger partial charge in [0.05, 0.1) is 5.02 Å². The van der Waals surface area contributed by atoms with Gasteiger partial charge in [-0.15, -0.1) is 9.19 Å². The lowest BCUT2D eigenvalue weighted by atomic mass is 10.3. The molecule has 0 spiro atoms. The molecule has 0 radical (unpaired) electrons. The summed E-state index contributed by atoms with van der Waals surface area (Å²) < 4.78 is 58.1. The monoisotopic (exact) mass is 491 g/mol. The molecule has 0 aliphatic rings. The molecule has 30 heavy (non-hydrogen) atoms. The van der Waals surface area contributed by atoms with Crippen molar-refractivity contribution in [3.05, 3.63) is 58.8 Å². The molecule has 3 aromatic rings. The highest BCUT2D eigenvalue weighted by atomic mass is 35.5. The lowest BCUT2D eigenvalue weighted by molar-refractivity contribution is 0.483. The second-order valence-electron chi connectivity index (χ2n) is 6.00. The van der Waals surface area contributed by atoms with Crippen LogP contribution in [0.15, 0.2) is 53.9 Å². The second-order valence-corrected chi connectivity index (χ2v) is 10.4. The van der Waals surface area contributed by atoms with Gasteiger partial charge >= 0.3 is 10.2 Å². The molecule has 14 heteroatoms. The quantitative estimate of drug-likeness (QED) is 0.538. The summed E-state index contributed by atoms with van der Waals surface area (Å²) >= 11 is 11.9. The Balaban J connectivity index is 1.75. The molecule has 0 fully saturated rings. The van der Waals surface area contributed by atoms with E-state index in [2.05, 4.69) is 14.8 Å². The summed E-state index contributed by atoms with van der Waals surface area (Å²) in [6.45, 7) is 0. The maximum absolute atomic E-state index is 12.4. The highest BCUT2D eigenvalue weighted by molar-refractivity contribution is 7.92. The lowest BCUT2D eigenvalue weighted by Gasteiger charge is -2.10. The Bertz CT molecular complexity index is 1280. The minimum Gasteiger partial charge on any atom is -0.456 e. The first-order valence-corrected chi connectivity index (χ1v) is 11.7. The van der Waals surface area contributed by atoms with Gasteiger partial charge in [-0.2, -0.15) is 21.1 Å². The van der Waals surface area contributed by atoms with Crippen LogP contribution in [-0.4, -0.2) is 49.4 Å². The highest BCUT2D eigenvalue weighted by Gasteiger charge is 2.25. The van der Waals surface area contributed by atoms with Crippen LogP contribution in [0.25, 0.3) is 0 Å². The van der Waals surface area contributed by atoms with Crippen LogP contribution in [0.4, 0.5) is 5.69 Å². The van der Waals surface area contributed by atoms with Crippen molar-refractivity contribution in [1.29, 1.82) is 0 Å². The van der Waals surface area contributed by atoms with Gasteiger partial charge in [-0.3, -0.25) is 4.72 Å². The summed E-state index contributed by atoms with van der Waals surface area (Å²) in [7, 11) is -5.63. The number of anilines is 1. The van der Waals surface area contributed by atoms with Crippen LogP contribution < -0.4 is 9.46 Å². The first-order valence-electron chi connectivity index (χ1n) is 8.09. The molecular weight excluding hydrogens is 477 g/mol. The van der Waals surface area contributed by atoms with E-state index in [4.69, 9.17) is 27.9 Å². The molecule has 0 saturated heterocycles. The molecule has 1 N–H and O–H groups in total. The third kappa shape index (κ3) is 4.84. The van der Waals surface area contributed by atoms with Crippen LogP contribution in [0.2, 0.25) is 10.0 Å². The van der Waals surface area contributed by atoms with Gasteiger partial charge in [-0.05, 0) is 42.5 Å². The average Bonchev–Trinajstić information content (AvgIpc) is 3.17. The number of sulfonamides is 1. The molecule has 2 aromatic carbocycles. The van der Waals surface area contributed by atoms with Crippen molar-refractivity contribution < 1.29 is 21.6 Å². The lowest BCUT2D eigenvalue weighted by Crippen LogP contribution is -2.29. The minimum atomic E-state index is -4.21. The molecule has 1 heterocycles. The zero-order valence-electron chi connectivity index (χ0n) is 15.5. The van der Waals surface area contributed by atoms with Crippen LogP contribution in [-0.2, 0) is 20.2 Å². The molecule has 10 nitrogen and oxygen atoms in total. The SMILES string of the molecule is CN(C)S(=O)(=O)n1cnc(S(=O)(=O)Nc2ccc(Oc3ccc(Cl)cc3Cl)cc2)n1. The standard InChI is InChI=1S/C16H15Cl2N5O5S2/c1-22(2)30(26,27)23-10-19-16(20-23)29(24,25)21-12-4-6-13(7-5-12)28-15-8-3-11(17)9-14(15)18/h3-10,21H,1-2H3. The Kier molecular flexibility index (Phi) is 6.24. The molecule has 1 aromatic heterocycles. The molecular formula is C16H15Cl2N5O5S2. The third-order valence-electron chi connectivity index (χ3n) is 3.62. The molecule has 0 amide bonds. The molecule has 0 aliphatic carbocycles. The maximum atomic E-state index is 12.4. The Labute approximate surface area is 183 Å². The first-order chi connectivity index (χ1) is 14.0. The molecule has 0 saturated carbocycles. The smallest absolute Gasteiger partial charge is 0.323 e. The van der Waals surface area contributed by atoms with E-state index in [0.29, 0.717) is 25.6 Å². The van der Waals surface area contributed by atoms with Gasteiger partial charge in [-0.25, -0.2) is 4.98 Å². The number of nitrogens with zero attached hydrogens (tertiary/aromatic N) is 4. The normalized spacial score (nSPS) is 12.2. The molecule has 160 valence electrons. The fraction of sp³-hybridized carbons (Fsp3) is 0.125. The molecule has 0 atom stereocenters. The van der Waals surface area contributed by atoms with Gasteiger partial charge in [0.2, 0.25) is 0 Å². The van der Waals surface area contributed by atoms with Gasteiger partial charge in [0.15, 0.2) is 0 Å². The predicted molar refractivity (Wildman–Crippen MR) is 112 cm³/mol. The number of rotatable bonds is 7. The van der Waals surface area contributed by atoms with Gasteiger partial charge in [-0.1, -0.05) is 23.2 Å². The summed E-state index contributed by atoms with van der Waals surface area (Å²) in [5.74, 6) is 0.785. The summed E-state index contributed by atoms with van der Waals surface area (Å²) in [4.78, 5) is 3.57. The predicted octanol–water partition coefficient (Wildman–Crippen LogP) is 2.83. The number of halogens is 2. The van der Waals surface area contributed by atoms with Crippen molar-refractivity contribution in [2.24, 2.45) is 0 Å².